The Kier molecular flexibility index (Phi) is 2.32. The second kappa shape index (κ2) is 3.65. The maximum absolute atomic E-state index is 11.3. The molecule has 0 bridgehead atoms. The minimum Gasteiger partial charge on any atom is -0.481 e. The first kappa shape index (κ1) is 10.2. The number of aliphatic carboxylic acids is 1. The van der Waals surface area contributed by atoms with E-state index in [9.17, 15) is 14.4 Å². The number of aromatic nitrogens is 2. The molecule has 82 valence electrons. The third kappa shape index (κ3) is 1.85. The first-order valence-electron chi connectivity index (χ1n) is 4.53. The summed E-state index contributed by atoms with van der Waals surface area (Å²) in [4.78, 5) is 37.4. The highest BCUT2D eigenvalue weighted by atomic mass is 16.4. The average Bonchev–Trinajstić information content (AvgIpc) is 2.15. The van der Waals surface area contributed by atoms with Crippen LogP contribution in [0.1, 0.15) is 5.56 Å². The monoisotopic (exact) mass is 220 g/mol. The lowest BCUT2D eigenvalue weighted by atomic mass is 10.1. The van der Waals surface area contributed by atoms with Crippen LogP contribution in [0.25, 0.3) is 10.9 Å². The number of aromatic amines is 2. The number of rotatable bonds is 2. The molecule has 0 aliphatic carbocycles. The normalized spacial score (nSPS) is 10.5. The summed E-state index contributed by atoms with van der Waals surface area (Å²) in [7, 11) is 0. The summed E-state index contributed by atoms with van der Waals surface area (Å²) in [6, 6.07) is 4.52. The first-order valence-corrected chi connectivity index (χ1v) is 4.53. The van der Waals surface area contributed by atoms with E-state index in [1.165, 1.54) is 12.1 Å². The Morgan fingerprint density at radius 1 is 1.25 bits per heavy atom. The van der Waals surface area contributed by atoms with Crippen LogP contribution in [-0.4, -0.2) is 21.0 Å². The minimum absolute atomic E-state index is 0.148. The van der Waals surface area contributed by atoms with Gasteiger partial charge in [-0.3, -0.25) is 14.6 Å². The standard InChI is InChI=1S/C10H8N2O4/c13-8(14)4-5-1-2-6-7(3-5)11-10(16)12-9(6)15/h1-3H,4H2,(H,13,14)(H2,11,12,15,16). The fourth-order valence-corrected chi connectivity index (χ4v) is 1.50. The number of benzene rings is 1. The van der Waals surface area contributed by atoms with Crippen LogP contribution in [0.4, 0.5) is 0 Å². The summed E-state index contributed by atoms with van der Waals surface area (Å²) < 4.78 is 0. The van der Waals surface area contributed by atoms with Gasteiger partial charge in [-0.15, -0.1) is 0 Å². The summed E-state index contributed by atoms with van der Waals surface area (Å²) >= 11 is 0. The molecule has 0 saturated heterocycles. The lowest BCUT2D eigenvalue weighted by Crippen LogP contribution is -2.21. The molecule has 0 unspecified atom stereocenters. The number of hydrogen-bond acceptors (Lipinski definition) is 3. The molecule has 0 fully saturated rings. The molecular formula is C10H8N2O4. The van der Waals surface area contributed by atoms with Crippen molar-refractivity contribution in [2.45, 2.75) is 6.42 Å². The second-order valence-electron chi connectivity index (χ2n) is 3.36. The molecule has 0 aliphatic heterocycles. The number of carbonyl (C=O) groups is 1. The van der Waals surface area contributed by atoms with Gasteiger partial charge in [-0.05, 0) is 17.7 Å². The largest absolute Gasteiger partial charge is 0.481 e. The van der Waals surface area contributed by atoms with E-state index < -0.39 is 17.2 Å². The van der Waals surface area contributed by atoms with Gasteiger partial charge < -0.3 is 10.1 Å². The Balaban J connectivity index is 2.66. The topological polar surface area (TPSA) is 103 Å². The third-order valence-electron chi connectivity index (χ3n) is 2.16. The molecule has 0 amide bonds. The predicted octanol–water partition coefficient (Wildman–Crippen LogP) is -0.157. The van der Waals surface area contributed by atoms with Gasteiger partial charge in [-0.25, -0.2) is 4.79 Å². The van der Waals surface area contributed by atoms with Gasteiger partial charge in [0.05, 0.1) is 17.3 Å². The highest BCUT2D eigenvalue weighted by Gasteiger charge is 2.04. The predicted molar refractivity (Wildman–Crippen MR) is 56.5 cm³/mol. The van der Waals surface area contributed by atoms with Crippen LogP contribution in [0.2, 0.25) is 0 Å². The van der Waals surface area contributed by atoms with E-state index in [4.69, 9.17) is 5.11 Å². The lowest BCUT2D eigenvalue weighted by molar-refractivity contribution is -0.136. The molecule has 0 aliphatic rings. The van der Waals surface area contributed by atoms with Gasteiger partial charge in [0.1, 0.15) is 0 Å². The molecule has 1 aromatic carbocycles. The van der Waals surface area contributed by atoms with Crippen LogP contribution < -0.4 is 11.2 Å². The van der Waals surface area contributed by atoms with Crippen molar-refractivity contribution in [2.24, 2.45) is 0 Å². The van der Waals surface area contributed by atoms with E-state index in [2.05, 4.69) is 9.97 Å². The van der Waals surface area contributed by atoms with E-state index in [1.807, 2.05) is 0 Å². The van der Waals surface area contributed by atoms with E-state index >= 15 is 0 Å². The molecule has 0 saturated carbocycles. The number of hydrogen-bond donors (Lipinski definition) is 3. The van der Waals surface area contributed by atoms with E-state index in [-0.39, 0.29) is 6.42 Å². The van der Waals surface area contributed by atoms with Crippen LogP contribution in [-0.2, 0) is 11.2 Å². The van der Waals surface area contributed by atoms with Crippen molar-refractivity contribution in [1.29, 1.82) is 0 Å². The van der Waals surface area contributed by atoms with Gasteiger partial charge in [0.15, 0.2) is 0 Å². The Bertz CT molecular complexity index is 668. The molecular weight excluding hydrogens is 212 g/mol. The van der Waals surface area contributed by atoms with Crippen molar-refractivity contribution in [1.82, 2.24) is 9.97 Å². The van der Waals surface area contributed by atoms with Crippen molar-refractivity contribution in [2.75, 3.05) is 0 Å². The van der Waals surface area contributed by atoms with Crippen LogP contribution in [0.3, 0.4) is 0 Å². The zero-order chi connectivity index (χ0) is 11.7. The SMILES string of the molecule is O=C(O)Cc1ccc2c(=O)[nH]c(=O)[nH]c2c1. The Morgan fingerprint density at radius 2 is 2.00 bits per heavy atom. The molecule has 2 rings (SSSR count). The van der Waals surface area contributed by atoms with Crippen molar-refractivity contribution in [3.05, 3.63) is 44.6 Å². The van der Waals surface area contributed by atoms with Crippen molar-refractivity contribution in [3.63, 3.8) is 0 Å². The fraction of sp³-hybridized carbons (Fsp3) is 0.100. The maximum atomic E-state index is 11.3. The van der Waals surface area contributed by atoms with Crippen LogP contribution in [0.5, 0.6) is 0 Å². The van der Waals surface area contributed by atoms with Crippen molar-refractivity contribution in [3.8, 4) is 0 Å². The zero-order valence-electron chi connectivity index (χ0n) is 8.11. The Morgan fingerprint density at radius 3 is 2.69 bits per heavy atom. The highest BCUT2D eigenvalue weighted by Crippen LogP contribution is 2.09. The molecule has 6 nitrogen and oxygen atoms in total. The van der Waals surface area contributed by atoms with Crippen molar-refractivity contribution >= 4 is 16.9 Å². The summed E-state index contributed by atoms with van der Waals surface area (Å²) in [5, 5.41) is 8.94. The average molecular weight is 220 g/mol. The third-order valence-corrected chi connectivity index (χ3v) is 2.16. The minimum atomic E-state index is -0.966. The molecule has 0 radical (unpaired) electrons. The number of H-pyrrole nitrogens is 2. The van der Waals surface area contributed by atoms with Gasteiger partial charge in [0.2, 0.25) is 0 Å². The lowest BCUT2D eigenvalue weighted by Gasteiger charge is -1.99. The number of nitrogens with one attached hydrogen (secondary N) is 2. The summed E-state index contributed by atoms with van der Waals surface area (Å²) in [5.74, 6) is -0.966. The fourth-order valence-electron chi connectivity index (χ4n) is 1.50. The number of fused-ring (bicyclic) bond motifs is 1. The van der Waals surface area contributed by atoms with Crippen LogP contribution in [0.15, 0.2) is 27.8 Å². The number of carboxylic acid groups (broad SMARTS) is 1. The Hall–Kier alpha value is -2.37. The number of carboxylic acids is 1. The molecule has 16 heavy (non-hydrogen) atoms. The van der Waals surface area contributed by atoms with Crippen LogP contribution >= 0.6 is 0 Å². The maximum Gasteiger partial charge on any atom is 0.326 e. The molecule has 1 aromatic heterocycles. The van der Waals surface area contributed by atoms with Crippen LogP contribution in [0, 0.1) is 0 Å². The van der Waals surface area contributed by atoms with Gasteiger partial charge in [0, 0.05) is 0 Å². The summed E-state index contributed by atoms with van der Waals surface area (Å²) in [6.07, 6.45) is -0.148. The van der Waals surface area contributed by atoms with Gasteiger partial charge in [-0.1, -0.05) is 6.07 Å². The van der Waals surface area contributed by atoms with Gasteiger partial charge in [0.25, 0.3) is 5.56 Å². The second-order valence-corrected chi connectivity index (χ2v) is 3.36. The first-order chi connectivity index (χ1) is 7.56. The van der Waals surface area contributed by atoms with Gasteiger partial charge >= 0.3 is 11.7 Å². The van der Waals surface area contributed by atoms with E-state index in [0.29, 0.717) is 16.5 Å². The van der Waals surface area contributed by atoms with Gasteiger partial charge in [-0.2, -0.15) is 0 Å². The summed E-state index contributed by atoms with van der Waals surface area (Å²) in [5.41, 5.74) is -0.223. The molecule has 0 spiro atoms. The Labute approximate surface area is 88.6 Å². The quantitative estimate of drug-likeness (QED) is 0.654. The zero-order valence-corrected chi connectivity index (χ0v) is 8.11. The smallest absolute Gasteiger partial charge is 0.326 e. The molecule has 3 N–H and O–H groups in total. The molecule has 1 heterocycles. The van der Waals surface area contributed by atoms with E-state index in [0.717, 1.165) is 0 Å². The highest BCUT2D eigenvalue weighted by molar-refractivity contribution is 5.79. The van der Waals surface area contributed by atoms with Crippen molar-refractivity contribution < 1.29 is 9.90 Å². The molecule has 0 atom stereocenters. The molecule has 2 aromatic rings. The summed E-state index contributed by atoms with van der Waals surface area (Å²) in [6.45, 7) is 0. The molecule has 6 heteroatoms. The van der Waals surface area contributed by atoms with E-state index in [1.54, 1.807) is 6.07 Å².